The largest absolute Gasteiger partial charge is 0.490 e. The van der Waals surface area contributed by atoms with Crippen LogP contribution in [0.5, 0.6) is 5.75 Å². The van der Waals surface area contributed by atoms with Gasteiger partial charge in [0.1, 0.15) is 5.75 Å². The lowest BCUT2D eigenvalue weighted by Gasteiger charge is -2.12. The predicted molar refractivity (Wildman–Crippen MR) is 113 cm³/mol. The van der Waals surface area contributed by atoms with Gasteiger partial charge in [-0.15, -0.1) is 0 Å². The summed E-state index contributed by atoms with van der Waals surface area (Å²) < 4.78 is 5.85. The van der Waals surface area contributed by atoms with Crippen molar-refractivity contribution < 1.29 is 9.53 Å². The number of amidine groups is 1. The number of benzene rings is 2. The molecule has 2 aromatic rings. The summed E-state index contributed by atoms with van der Waals surface area (Å²) in [4.78, 5) is 19.5. The maximum atomic E-state index is 12.7. The van der Waals surface area contributed by atoms with E-state index in [1.54, 1.807) is 11.9 Å². The van der Waals surface area contributed by atoms with Crippen LogP contribution in [0.3, 0.4) is 0 Å². The molecule has 1 aliphatic rings. The maximum absolute atomic E-state index is 12.7. The Morgan fingerprint density at radius 3 is 2.52 bits per heavy atom. The van der Waals surface area contributed by atoms with E-state index in [1.165, 1.54) is 17.3 Å². The van der Waals surface area contributed by atoms with Crippen LogP contribution in [0, 0.1) is 0 Å². The van der Waals surface area contributed by atoms with Crippen LogP contribution in [-0.4, -0.2) is 29.1 Å². The molecule has 140 valence electrons. The smallest absolute Gasteiger partial charge is 0.266 e. The van der Waals surface area contributed by atoms with Gasteiger partial charge in [-0.3, -0.25) is 9.69 Å². The average Bonchev–Trinajstić information content (AvgIpc) is 2.91. The van der Waals surface area contributed by atoms with Crippen molar-refractivity contribution in [1.29, 1.82) is 0 Å². The molecule has 0 N–H and O–H groups in total. The molecule has 0 spiro atoms. The van der Waals surface area contributed by atoms with Crippen molar-refractivity contribution >= 4 is 34.6 Å². The van der Waals surface area contributed by atoms with Crippen molar-refractivity contribution in [2.75, 3.05) is 7.05 Å². The van der Waals surface area contributed by atoms with Crippen LogP contribution < -0.4 is 4.74 Å². The number of nitrogens with zero attached hydrogens (tertiary/aromatic N) is 2. The van der Waals surface area contributed by atoms with Gasteiger partial charge in [0.05, 0.1) is 16.7 Å². The molecule has 5 heteroatoms. The first-order valence-electron chi connectivity index (χ1n) is 9.09. The minimum Gasteiger partial charge on any atom is -0.490 e. The van der Waals surface area contributed by atoms with Gasteiger partial charge in [-0.25, -0.2) is 4.99 Å². The van der Waals surface area contributed by atoms with E-state index in [9.17, 15) is 4.79 Å². The first-order chi connectivity index (χ1) is 13.0. The average molecular weight is 381 g/mol. The Balaban J connectivity index is 1.87. The van der Waals surface area contributed by atoms with Crippen molar-refractivity contribution in [1.82, 2.24) is 4.90 Å². The minimum atomic E-state index is -0.0525. The summed E-state index contributed by atoms with van der Waals surface area (Å²) in [7, 11) is 1.76. The van der Waals surface area contributed by atoms with Crippen LogP contribution in [0.15, 0.2) is 58.4 Å². The van der Waals surface area contributed by atoms with Gasteiger partial charge in [0.15, 0.2) is 5.17 Å². The first-order valence-corrected chi connectivity index (χ1v) is 9.90. The van der Waals surface area contributed by atoms with Gasteiger partial charge in [0.25, 0.3) is 5.91 Å². The third-order valence-corrected chi connectivity index (χ3v) is 5.20. The molecule has 0 aliphatic carbocycles. The highest BCUT2D eigenvalue weighted by atomic mass is 32.2. The second-order valence-corrected chi connectivity index (χ2v) is 7.60. The summed E-state index contributed by atoms with van der Waals surface area (Å²) in [5.41, 5.74) is 3.01. The fourth-order valence-electron chi connectivity index (χ4n) is 2.67. The number of ether oxygens (including phenoxy) is 1. The fourth-order valence-corrected chi connectivity index (χ4v) is 3.65. The third-order valence-electron chi connectivity index (χ3n) is 4.14. The zero-order valence-electron chi connectivity index (χ0n) is 16.1. The molecule has 1 saturated heterocycles. The summed E-state index contributed by atoms with van der Waals surface area (Å²) in [5, 5.41) is 0.678. The molecule has 0 aromatic heterocycles. The van der Waals surface area contributed by atoms with E-state index in [0.29, 0.717) is 10.1 Å². The molecule has 3 rings (SSSR count). The van der Waals surface area contributed by atoms with E-state index in [0.717, 1.165) is 23.4 Å². The van der Waals surface area contributed by atoms with Crippen molar-refractivity contribution in [3.8, 4) is 5.75 Å². The Morgan fingerprint density at radius 2 is 1.85 bits per heavy atom. The van der Waals surface area contributed by atoms with E-state index in [2.05, 4.69) is 24.0 Å². The summed E-state index contributed by atoms with van der Waals surface area (Å²) in [5.74, 6) is 0.722. The Hall–Kier alpha value is -2.53. The number of hydrogen-bond acceptors (Lipinski definition) is 4. The van der Waals surface area contributed by atoms with Crippen LogP contribution >= 0.6 is 11.8 Å². The highest BCUT2D eigenvalue weighted by Gasteiger charge is 2.30. The molecule has 0 atom stereocenters. The quantitative estimate of drug-likeness (QED) is 0.664. The van der Waals surface area contributed by atoms with Gasteiger partial charge in [0.2, 0.25) is 0 Å². The number of carbonyl (C=O) groups excluding carboxylic acids is 1. The zero-order chi connectivity index (χ0) is 19.4. The molecule has 1 aliphatic heterocycles. The van der Waals surface area contributed by atoms with E-state index < -0.39 is 0 Å². The number of rotatable bonds is 5. The zero-order valence-corrected chi connectivity index (χ0v) is 16.9. The summed E-state index contributed by atoms with van der Waals surface area (Å²) in [6.45, 7) is 6.10. The fraction of sp³-hybridized carbons (Fsp3) is 0.273. The lowest BCUT2D eigenvalue weighted by atomic mass is 10.1. The molecule has 2 aromatic carbocycles. The van der Waals surface area contributed by atoms with E-state index in [-0.39, 0.29) is 12.0 Å². The number of hydrogen-bond donors (Lipinski definition) is 0. The number of para-hydroxylation sites is 1. The SMILES string of the molecule is CCc1ccc(N=C2S/C(=C/c3ccccc3OC(C)C)C(=O)N2C)cc1. The highest BCUT2D eigenvalue weighted by Crippen LogP contribution is 2.34. The number of thioether (sulfide) groups is 1. The van der Waals surface area contributed by atoms with Gasteiger partial charge < -0.3 is 4.74 Å². The molecule has 0 bridgehead atoms. The molecular formula is C22H24N2O2S. The second-order valence-electron chi connectivity index (χ2n) is 6.59. The second kappa shape index (κ2) is 8.44. The van der Waals surface area contributed by atoms with Crippen molar-refractivity contribution in [2.45, 2.75) is 33.3 Å². The van der Waals surface area contributed by atoms with Crippen molar-refractivity contribution in [3.05, 3.63) is 64.6 Å². The van der Waals surface area contributed by atoms with E-state index in [4.69, 9.17) is 4.74 Å². The number of aliphatic imine (C=N–C) groups is 1. The number of aryl methyl sites for hydroxylation is 1. The lowest BCUT2D eigenvalue weighted by Crippen LogP contribution is -2.23. The van der Waals surface area contributed by atoms with Crippen molar-refractivity contribution in [3.63, 3.8) is 0 Å². The lowest BCUT2D eigenvalue weighted by molar-refractivity contribution is -0.121. The third kappa shape index (κ3) is 4.61. The maximum Gasteiger partial charge on any atom is 0.266 e. The molecule has 4 nitrogen and oxygen atoms in total. The summed E-state index contributed by atoms with van der Waals surface area (Å²) in [6, 6.07) is 15.9. The summed E-state index contributed by atoms with van der Waals surface area (Å²) >= 11 is 1.39. The Labute approximate surface area is 164 Å². The van der Waals surface area contributed by atoms with E-state index >= 15 is 0 Å². The highest BCUT2D eigenvalue weighted by molar-refractivity contribution is 8.18. The molecule has 0 unspecified atom stereocenters. The van der Waals surface area contributed by atoms with Gasteiger partial charge in [-0.2, -0.15) is 0 Å². The van der Waals surface area contributed by atoms with Gasteiger partial charge >= 0.3 is 0 Å². The van der Waals surface area contributed by atoms with Gasteiger partial charge in [-0.05, 0) is 61.9 Å². The monoisotopic (exact) mass is 380 g/mol. The molecule has 0 saturated carbocycles. The van der Waals surface area contributed by atoms with Gasteiger partial charge in [-0.1, -0.05) is 37.3 Å². The standard InChI is InChI=1S/C22H24N2O2S/c1-5-16-10-12-18(13-11-16)23-22-24(4)21(25)20(27-22)14-17-8-6-7-9-19(17)26-15(2)3/h6-15H,5H2,1-4H3/b20-14+,23-22?. The van der Waals surface area contributed by atoms with Crippen LogP contribution in [0.2, 0.25) is 0 Å². The summed E-state index contributed by atoms with van der Waals surface area (Å²) in [6.07, 6.45) is 2.95. The normalized spacial score (nSPS) is 17.4. The Morgan fingerprint density at radius 1 is 1.15 bits per heavy atom. The van der Waals surface area contributed by atoms with Crippen LogP contribution in [-0.2, 0) is 11.2 Å². The van der Waals surface area contributed by atoms with Crippen molar-refractivity contribution in [2.24, 2.45) is 4.99 Å². The number of likely N-dealkylation sites (N-methyl/N-ethyl adjacent to an activating group) is 1. The minimum absolute atomic E-state index is 0.0525. The number of carbonyl (C=O) groups is 1. The Kier molecular flexibility index (Phi) is 6.01. The molecule has 1 heterocycles. The van der Waals surface area contributed by atoms with Crippen LogP contribution in [0.4, 0.5) is 5.69 Å². The number of amides is 1. The Bertz CT molecular complexity index is 885. The van der Waals surface area contributed by atoms with Gasteiger partial charge in [0, 0.05) is 12.6 Å². The van der Waals surface area contributed by atoms with E-state index in [1.807, 2.05) is 56.3 Å². The molecule has 0 radical (unpaired) electrons. The molecular weight excluding hydrogens is 356 g/mol. The van der Waals surface area contributed by atoms with Crippen LogP contribution in [0.25, 0.3) is 6.08 Å². The first kappa shape index (κ1) is 19.2. The van der Waals surface area contributed by atoms with Crippen LogP contribution in [0.1, 0.15) is 31.9 Å². The predicted octanol–water partition coefficient (Wildman–Crippen LogP) is 5.27. The molecule has 27 heavy (non-hydrogen) atoms. The molecule has 1 amide bonds. The molecule has 1 fully saturated rings. The topological polar surface area (TPSA) is 41.9 Å².